The lowest BCUT2D eigenvalue weighted by molar-refractivity contribution is -0.137. The van der Waals surface area contributed by atoms with E-state index >= 15 is 0 Å². The first-order valence-electron chi connectivity index (χ1n) is 3.22. The highest BCUT2D eigenvalue weighted by atomic mass is 32.2. The topological polar surface area (TPSA) is 40.5 Å². The molecule has 0 aromatic heterocycles. The highest BCUT2D eigenvalue weighted by Crippen LogP contribution is 2.41. The minimum atomic E-state index is -0.914. The summed E-state index contributed by atoms with van der Waals surface area (Å²) in [7, 11) is 0. The summed E-state index contributed by atoms with van der Waals surface area (Å²) in [6.07, 6.45) is 4.19. The predicted molar refractivity (Wildman–Crippen MR) is 40.9 cm³/mol. The molecule has 2 atom stereocenters. The van der Waals surface area contributed by atoms with E-state index in [2.05, 4.69) is 0 Å². The van der Waals surface area contributed by atoms with Crippen LogP contribution < -0.4 is 0 Å². The molecule has 10 heavy (non-hydrogen) atoms. The molecule has 0 spiro atoms. The molecular formula is C6H9NO2S. The normalized spacial score (nSPS) is 40.9. The highest BCUT2D eigenvalue weighted by molar-refractivity contribution is 8.12. The molecule has 4 heteroatoms. The van der Waals surface area contributed by atoms with Crippen LogP contribution in [0.3, 0.4) is 0 Å². The van der Waals surface area contributed by atoms with Crippen LogP contribution in [-0.4, -0.2) is 26.5 Å². The lowest BCUT2D eigenvalue weighted by Gasteiger charge is -2.44. The van der Waals surface area contributed by atoms with Crippen molar-refractivity contribution in [1.29, 1.82) is 0 Å². The quantitative estimate of drug-likeness (QED) is 0.400. The largest absolute Gasteiger partial charge is 0.352 e. The summed E-state index contributed by atoms with van der Waals surface area (Å²) in [4.78, 5) is 12.4. The van der Waals surface area contributed by atoms with Gasteiger partial charge in [0, 0.05) is 12.0 Å². The number of nitrogens with zero attached hydrogens (tertiary/aromatic N) is 1. The van der Waals surface area contributed by atoms with Gasteiger partial charge in [-0.1, -0.05) is 6.08 Å². The standard InChI is InChI=1S/C6H9NO2S/c8-5-4-6-7(5)2-1-3-10(6)9/h1-2,6,9-10H,3-4H2. The molecule has 2 unspecified atom stereocenters. The van der Waals surface area contributed by atoms with Crippen LogP contribution in [0, 0.1) is 0 Å². The Morgan fingerprint density at radius 1 is 1.80 bits per heavy atom. The fraction of sp³-hybridized carbons (Fsp3) is 0.500. The van der Waals surface area contributed by atoms with E-state index in [4.69, 9.17) is 0 Å². The maximum atomic E-state index is 10.8. The smallest absolute Gasteiger partial charge is 0.230 e. The summed E-state index contributed by atoms with van der Waals surface area (Å²) < 4.78 is 9.34. The van der Waals surface area contributed by atoms with E-state index in [0.29, 0.717) is 6.42 Å². The molecule has 3 nitrogen and oxygen atoms in total. The predicted octanol–water partition coefficient (Wildman–Crippen LogP) is 0.546. The fourth-order valence-corrected chi connectivity index (χ4v) is 2.65. The SMILES string of the molecule is O=C1CC2N1C=CC[SH]2O. The number of hydrogen-bond acceptors (Lipinski definition) is 2. The van der Waals surface area contributed by atoms with Gasteiger partial charge in [0.05, 0.1) is 11.8 Å². The minimum absolute atomic E-state index is 0.141. The molecule has 0 radical (unpaired) electrons. The van der Waals surface area contributed by atoms with Crippen LogP contribution in [0.2, 0.25) is 0 Å². The number of β-lactam (4-membered cyclic amide) rings is 1. The number of carbonyl (C=O) groups is 1. The third-order valence-corrected chi connectivity index (χ3v) is 3.57. The minimum Gasteiger partial charge on any atom is -0.352 e. The number of rotatable bonds is 0. The van der Waals surface area contributed by atoms with Crippen molar-refractivity contribution >= 4 is 17.1 Å². The van der Waals surface area contributed by atoms with Gasteiger partial charge in [-0.15, -0.1) is 11.2 Å². The summed E-state index contributed by atoms with van der Waals surface area (Å²) in [5.41, 5.74) is 0. The third kappa shape index (κ3) is 0.690. The summed E-state index contributed by atoms with van der Waals surface area (Å²) >= 11 is -0.914. The number of fused-ring (bicyclic) bond motifs is 1. The maximum Gasteiger partial charge on any atom is 0.230 e. The Hall–Kier alpha value is -0.480. The van der Waals surface area contributed by atoms with E-state index in [1.807, 2.05) is 6.08 Å². The second-order valence-electron chi connectivity index (χ2n) is 2.49. The molecule has 1 fully saturated rings. The zero-order valence-corrected chi connectivity index (χ0v) is 6.29. The molecule has 1 amide bonds. The van der Waals surface area contributed by atoms with Crippen LogP contribution in [0.5, 0.6) is 0 Å². The van der Waals surface area contributed by atoms with Gasteiger partial charge in [0.25, 0.3) is 0 Å². The third-order valence-electron chi connectivity index (χ3n) is 1.87. The van der Waals surface area contributed by atoms with Gasteiger partial charge in [-0.25, -0.2) is 0 Å². The van der Waals surface area contributed by atoms with Crippen LogP contribution in [0.4, 0.5) is 0 Å². The number of amides is 1. The van der Waals surface area contributed by atoms with Gasteiger partial charge < -0.3 is 9.45 Å². The molecule has 0 bridgehead atoms. The second kappa shape index (κ2) is 2.00. The molecule has 0 aromatic rings. The van der Waals surface area contributed by atoms with Gasteiger partial charge in [-0.2, -0.15) is 0 Å². The first-order chi connectivity index (χ1) is 4.79. The molecule has 2 aliphatic rings. The highest BCUT2D eigenvalue weighted by Gasteiger charge is 2.39. The van der Waals surface area contributed by atoms with Crippen molar-refractivity contribution in [3.05, 3.63) is 12.3 Å². The lowest BCUT2D eigenvalue weighted by Crippen LogP contribution is -2.50. The van der Waals surface area contributed by atoms with E-state index in [0.717, 1.165) is 5.75 Å². The van der Waals surface area contributed by atoms with Crippen LogP contribution in [0.25, 0.3) is 0 Å². The van der Waals surface area contributed by atoms with Gasteiger partial charge in [-0.05, 0) is 0 Å². The average Bonchev–Trinajstić information content (AvgIpc) is 1.91. The molecule has 1 N–H and O–H groups in total. The summed E-state index contributed by atoms with van der Waals surface area (Å²) in [6, 6.07) is 0. The molecule has 1 saturated heterocycles. The molecule has 0 aromatic carbocycles. The Kier molecular flexibility index (Phi) is 1.25. The van der Waals surface area contributed by atoms with Gasteiger partial charge in [0.1, 0.15) is 0 Å². The first-order valence-corrected chi connectivity index (χ1v) is 4.77. The van der Waals surface area contributed by atoms with E-state index in [-0.39, 0.29) is 11.3 Å². The van der Waals surface area contributed by atoms with Crippen molar-refractivity contribution in [3.63, 3.8) is 0 Å². The van der Waals surface area contributed by atoms with E-state index in [1.54, 1.807) is 11.1 Å². The van der Waals surface area contributed by atoms with E-state index < -0.39 is 11.2 Å². The number of hydrogen-bond donors (Lipinski definition) is 2. The maximum absolute atomic E-state index is 10.8. The molecule has 0 saturated carbocycles. The van der Waals surface area contributed by atoms with Crippen molar-refractivity contribution in [1.82, 2.24) is 4.90 Å². The fourth-order valence-electron chi connectivity index (χ4n) is 1.24. The van der Waals surface area contributed by atoms with Crippen molar-refractivity contribution in [2.24, 2.45) is 0 Å². The zero-order chi connectivity index (χ0) is 7.14. The Balaban J connectivity index is 2.18. The molecule has 2 rings (SSSR count). The molecule has 0 aliphatic carbocycles. The zero-order valence-electron chi connectivity index (χ0n) is 5.40. The van der Waals surface area contributed by atoms with Crippen molar-refractivity contribution < 1.29 is 9.35 Å². The Bertz CT molecular complexity index is 204. The summed E-state index contributed by atoms with van der Waals surface area (Å²) in [6.45, 7) is 0. The molecule has 2 aliphatic heterocycles. The van der Waals surface area contributed by atoms with E-state index in [1.165, 1.54) is 0 Å². The van der Waals surface area contributed by atoms with Crippen molar-refractivity contribution in [2.75, 3.05) is 5.75 Å². The molecular weight excluding hydrogens is 150 g/mol. The van der Waals surface area contributed by atoms with Crippen LogP contribution in [-0.2, 0) is 4.79 Å². The number of thiol groups is 1. The second-order valence-corrected chi connectivity index (χ2v) is 4.33. The van der Waals surface area contributed by atoms with Crippen LogP contribution in [0.15, 0.2) is 12.3 Å². The van der Waals surface area contributed by atoms with Gasteiger partial charge in [0.2, 0.25) is 5.91 Å². The summed E-state index contributed by atoms with van der Waals surface area (Å²) in [5, 5.41) is 0.146. The Labute approximate surface area is 61.9 Å². The van der Waals surface area contributed by atoms with Gasteiger partial charge in [0.15, 0.2) is 0 Å². The molecule has 2 heterocycles. The van der Waals surface area contributed by atoms with Crippen molar-refractivity contribution in [3.8, 4) is 0 Å². The lowest BCUT2D eigenvalue weighted by atomic mass is 10.2. The monoisotopic (exact) mass is 159 g/mol. The average molecular weight is 159 g/mol. The van der Waals surface area contributed by atoms with Crippen molar-refractivity contribution in [2.45, 2.75) is 11.8 Å². The first kappa shape index (κ1) is 6.24. The van der Waals surface area contributed by atoms with Crippen LogP contribution in [0.1, 0.15) is 6.42 Å². The Morgan fingerprint density at radius 3 is 3.20 bits per heavy atom. The van der Waals surface area contributed by atoms with Gasteiger partial charge >= 0.3 is 0 Å². The summed E-state index contributed by atoms with van der Waals surface area (Å²) in [5.74, 6) is 0.895. The van der Waals surface area contributed by atoms with E-state index in [9.17, 15) is 9.35 Å². The van der Waals surface area contributed by atoms with Crippen LogP contribution >= 0.6 is 11.2 Å². The van der Waals surface area contributed by atoms with Gasteiger partial charge in [-0.3, -0.25) is 4.79 Å². The molecule has 56 valence electrons. The Morgan fingerprint density at radius 2 is 2.60 bits per heavy atom. The number of carbonyl (C=O) groups excluding carboxylic acids is 1.